The highest BCUT2D eigenvalue weighted by atomic mass is 28.4. The number of amides is 1. The summed E-state index contributed by atoms with van der Waals surface area (Å²) in [5, 5.41) is 13.9. The Bertz CT molecular complexity index is 1470. The van der Waals surface area contributed by atoms with Gasteiger partial charge < -0.3 is 47.9 Å². The molecule has 11 atom stereocenters. The highest BCUT2D eigenvalue weighted by molar-refractivity contribution is 6.74. The Kier molecular flexibility index (Phi) is 22.8. The number of epoxide rings is 1. The van der Waals surface area contributed by atoms with Gasteiger partial charge in [-0.2, -0.15) is 0 Å². The Morgan fingerprint density at radius 2 is 1.63 bits per heavy atom. The highest BCUT2D eigenvalue weighted by Crippen LogP contribution is 2.41. The fourth-order valence-electron chi connectivity index (χ4n) is 9.56. The first-order chi connectivity index (χ1) is 29.8. The van der Waals surface area contributed by atoms with Crippen molar-refractivity contribution in [2.45, 2.75) is 219 Å². The number of nitrogens with zero attached hydrogens (tertiary/aromatic N) is 1. The maximum absolute atomic E-state index is 14.2. The van der Waals surface area contributed by atoms with Gasteiger partial charge in [0, 0.05) is 51.0 Å². The predicted molar refractivity (Wildman–Crippen MR) is 258 cm³/mol. The number of cyclic esters (lactones) is 1. The number of hydrogen-bond donors (Lipinski definition) is 2. The van der Waals surface area contributed by atoms with Crippen LogP contribution >= 0.6 is 0 Å². The van der Waals surface area contributed by atoms with Crippen LogP contribution in [0.2, 0.25) is 36.3 Å². The molecule has 0 aromatic heterocycles. The number of hydrogen-bond acceptors (Lipinski definition) is 11. The number of aliphatic hydroxyl groups is 1. The minimum atomic E-state index is -2.16. The third kappa shape index (κ3) is 16.2. The van der Waals surface area contributed by atoms with Gasteiger partial charge in [0.25, 0.3) is 0 Å². The third-order valence-corrected chi connectivity index (χ3v) is 23.9. The van der Waals surface area contributed by atoms with Crippen LogP contribution < -0.4 is 5.32 Å². The molecule has 2 saturated heterocycles. The molecule has 364 valence electrons. The monoisotopic (exact) mass is 923 g/mol. The Morgan fingerprint density at radius 3 is 2.21 bits per heavy atom. The summed E-state index contributed by atoms with van der Waals surface area (Å²) in [5.74, 6) is -0.556. The van der Waals surface area contributed by atoms with E-state index in [-0.39, 0.29) is 42.5 Å². The second kappa shape index (κ2) is 25.9. The van der Waals surface area contributed by atoms with E-state index in [2.05, 4.69) is 66.8 Å². The van der Waals surface area contributed by atoms with Gasteiger partial charge in [-0.05, 0) is 102 Å². The lowest BCUT2D eigenvalue weighted by molar-refractivity contribution is -0.222. The van der Waals surface area contributed by atoms with Crippen LogP contribution in [0.15, 0.2) is 36.0 Å². The highest BCUT2D eigenvalue weighted by Gasteiger charge is 2.49. The molecule has 1 amide bonds. The van der Waals surface area contributed by atoms with Gasteiger partial charge in [-0.15, -0.1) is 0 Å². The van der Waals surface area contributed by atoms with Crippen LogP contribution in [0.4, 0.5) is 4.79 Å². The van der Waals surface area contributed by atoms with E-state index in [1.165, 1.54) is 0 Å². The number of carbonyl (C=O) groups is 2. The molecule has 3 rings (SSSR count). The van der Waals surface area contributed by atoms with Gasteiger partial charge in [0.15, 0.2) is 29.0 Å². The fourth-order valence-corrected chi connectivity index (χ4v) is 15.5. The topological polar surface area (TPSA) is 138 Å². The molecule has 0 bridgehead atoms. The largest absolute Gasteiger partial charge is 0.457 e. The molecule has 0 saturated carbocycles. The van der Waals surface area contributed by atoms with Crippen LogP contribution in [0.25, 0.3) is 0 Å². The Balaban J connectivity index is 2.10. The van der Waals surface area contributed by atoms with E-state index in [9.17, 15) is 14.7 Å². The minimum absolute atomic E-state index is 0.0000186. The van der Waals surface area contributed by atoms with Crippen molar-refractivity contribution in [1.29, 1.82) is 0 Å². The van der Waals surface area contributed by atoms with Crippen molar-refractivity contribution in [3.05, 3.63) is 36.0 Å². The summed E-state index contributed by atoms with van der Waals surface area (Å²) in [4.78, 5) is 29.7. The van der Waals surface area contributed by atoms with Crippen molar-refractivity contribution in [2.75, 3.05) is 32.8 Å². The lowest BCUT2D eigenvalue weighted by Gasteiger charge is -2.41. The summed E-state index contributed by atoms with van der Waals surface area (Å²) in [6.07, 6.45) is 9.44. The van der Waals surface area contributed by atoms with Gasteiger partial charge >= 0.3 is 12.1 Å². The van der Waals surface area contributed by atoms with E-state index in [0.717, 1.165) is 41.8 Å². The predicted octanol–water partition coefficient (Wildman–Crippen LogP) is 10.1. The van der Waals surface area contributed by atoms with Crippen LogP contribution in [0.3, 0.4) is 0 Å². The van der Waals surface area contributed by atoms with Gasteiger partial charge in [0.05, 0.1) is 36.4 Å². The summed E-state index contributed by atoms with van der Waals surface area (Å²) < 4.78 is 46.1. The maximum Gasteiger partial charge on any atom is 0.410 e. The van der Waals surface area contributed by atoms with Crippen molar-refractivity contribution >= 4 is 28.7 Å². The molecule has 12 nitrogen and oxygen atoms in total. The number of ether oxygens (including phenoxy) is 5. The zero-order valence-corrected chi connectivity index (χ0v) is 44.0. The first kappa shape index (κ1) is 55.4. The standard InChI is InChI=1S/C49H90N2O10Si2/c1-15-41(52)38(11)46-42(56-46)35-48(13,61-63(20-6,21-7)22-8)28-23-24-36(9)45-37(10)25-26-43(57-47(54)51-32-30-50-31-33-51)49(14,59-39(12)55-16-2)29-27-40(34-44(53)58-45)60-62(17-3,18-4)19-5/h23-26,28,37-43,45-46,50,52H,15-22,27,29-35H2,1-14H3/b26-25+,28-23+,36-24+/t37-,38+,39?,40?,41-,42+,43-,45+,46+,48-,49+/m0/s1. The Hall–Kier alpha value is -1.89. The van der Waals surface area contributed by atoms with Crippen LogP contribution in [0.1, 0.15) is 129 Å². The molecule has 0 aromatic carbocycles. The van der Waals surface area contributed by atoms with E-state index in [1.807, 2.05) is 65.8 Å². The van der Waals surface area contributed by atoms with Gasteiger partial charge in [0.2, 0.25) is 0 Å². The smallest absolute Gasteiger partial charge is 0.410 e. The molecular weight excluding hydrogens is 833 g/mol. The molecule has 3 aliphatic rings. The molecule has 3 heterocycles. The Labute approximate surface area is 384 Å². The number of allylic oxidation sites excluding steroid dienone is 2. The molecule has 3 aliphatic heterocycles. The zero-order valence-electron chi connectivity index (χ0n) is 42.0. The summed E-state index contributed by atoms with van der Waals surface area (Å²) in [5.41, 5.74) is -0.734. The zero-order chi connectivity index (χ0) is 47.0. The molecule has 0 spiro atoms. The lowest BCUT2D eigenvalue weighted by Crippen LogP contribution is -2.52. The quantitative estimate of drug-likeness (QED) is 0.0253. The summed E-state index contributed by atoms with van der Waals surface area (Å²) >= 11 is 0. The number of rotatable bonds is 23. The molecule has 2 N–H and O–H groups in total. The van der Waals surface area contributed by atoms with E-state index < -0.39 is 58.5 Å². The van der Waals surface area contributed by atoms with E-state index in [1.54, 1.807) is 4.90 Å². The molecule has 2 fully saturated rings. The average molecular weight is 923 g/mol. The van der Waals surface area contributed by atoms with Gasteiger partial charge in [-0.3, -0.25) is 4.79 Å². The van der Waals surface area contributed by atoms with Crippen LogP contribution in [0.5, 0.6) is 0 Å². The second-order valence-corrected chi connectivity index (χ2v) is 28.4. The molecule has 0 radical (unpaired) electrons. The lowest BCUT2D eigenvalue weighted by atomic mass is 9.88. The molecule has 2 unspecified atom stereocenters. The molecule has 14 heteroatoms. The van der Waals surface area contributed by atoms with Gasteiger partial charge in [0.1, 0.15) is 11.7 Å². The third-order valence-electron chi connectivity index (χ3n) is 14.5. The van der Waals surface area contributed by atoms with Gasteiger partial charge in [-0.1, -0.05) is 86.6 Å². The molecular formula is C49H90N2O10Si2. The Morgan fingerprint density at radius 1 is 1.02 bits per heavy atom. The average Bonchev–Trinajstić information content (AvgIpc) is 4.04. The van der Waals surface area contributed by atoms with Crippen LogP contribution in [-0.4, -0.2) is 126 Å². The second-order valence-electron chi connectivity index (χ2n) is 19.0. The first-order valence-electron chi connectivity index (χ1n) is 24.8. The normalized spacial score (nSPS) is 29.8. The molecule has 0 aliphatic carbocycles. The fraction of sp³-hybridized carbons (Fsp3) is 0.837. The van der Waals surface area contributed by atoms with Gasteiger partial charge in [-0.25, -0.2) is 4.79 Å². The van der Waals surface area contributed by atoms with Crippen LogP contribution in [0, 0.1) is 11.8 Å². The first-order valence-corrected chi connectivity index (χ1v) is 29.8. The van der Waals surface area contributed by atoms with Crippen molar-refractivity contribution in [1.82, 2.24) is 10.2 Å². The van der Waals surface area contributed by atoms with Crippen molar-refractivity contribution in [3.63, 3.8) is 0 Å². The SMILES string of the molecule is CCOC(C)O[C@]1(C)CCC(O[Si](CC)(CC)CC)CC(=O)O[C@H](/C(C)=C/C=C/[C@@](C)(C[C@H]2O[C@@H]2[C@H](C)[C@@H](O)CC)O[Si](CC)(CC)CC)[C@@H](C)/C=C/[C@@H]1OC(=O)N1CCNCC1. The van der Waals surface area contributed by atoms with Crippen molar-refractivity contribution in [3.8, 4) is 0 Å². The minimum Gasteiger partial charge on any atom is -0.457 e. The molecule has 63 heavy (non-hydrogen) atoms. The van der Waals surface area contributed by atoms with E-state index >= 15 is 0 Å². The van der Waals surface area contributed by atoms with E-state index in [0.29, 0.717) is 58.5 Å². The molecule has 0 aromatic rings. The number of nitrogens with one attached hydrogen (secondary N) is 1. The van der Waals surface area contributed by atoms with Crippen molar-refractivity contribution < 1.29 is 47.2 Å². The summed E-state index contributed by atoms with van der Waals surface area (Å²) in [7, 11) is -4.20. The number of carbonyl (C=O) groups excluding carboxylic acids is 2. The maximum atomic E-state index is 14.2. The number of esters is 1. The summed E-state index contributed by atoms with van der Waals surface area (Å²) in [6, 6.07) is 5.87. The van der Waals surface area contributed by atoms with Crippen LogP contribution in [-0.2, 0) is 37.3 Å². The summed E-state index contributed by atoms with van der Waals surface area (Å²) in [6.45, 7) is 32.3. The van der Waals surface area contributed by atoms with E-state index in [4.69, 9.17) is 32.5 Å². The number of piperazine rings is 1. The number of aliphatic hydroxyl groups excluding tert-OH is 1. The van der Waals surface area contributed by atoms with Crippen molar-refractivity contribution in [2.24, 2.45) is 11.8 Å².